The number of nitrogens with one attached hydrogen (secondary N) is 1. The normalized spacial score (nSPS) is 10.3. The lowest BCUT2D eigenvalue weighted by Crippen LogP contribution is -2.32. The van der Waals surface area contributed by atoms with Gasteiger partial charge in [0, 0.05) is 25.7 Å². The molecule has 1 aromatic carbocycles. The van der Waals surface area contributed by atoms with Gasteiger partial charge in [0.1, 0.15) is 5.75 Å². The second-order valence-corrected chi connectivity index (χ2v) is 4.25. The number of rotatable bonds is 7. The van der Waals surface area contributed by atoms with Crippen molar-refractivity contribution in [3.63, 3.8) is 0 Å². The molecule has 0 aliphatic heterocycles. The van der Waals surface area contributed by atoms with Crippen LogP contribution in [0.5, 0.6) is 5.75 Å². The van der Waals surface area contributed by atoms with Crippen molar-refractivity contribution in [2.24, 2.45) is 0 Å². The van der Waals surface area contributed by atoms with Gasteiger partial charge in [0.25, 0.3) is 0 Å². The van der Waals surface area contributed by atoms with E-state index in [1.807, 2.05) is 0 Å². The number of carboxylic acids is 1. The molecule has 1 rings (SSSR count). The van der Waals surface area contributed by atoms with Crippen LogP contribution < -0.4 is 10.1 Å². The summed E-state index contributed by atoms with van der Waals surface area (Å²) in [5.74, 6) is -0.920. The summed E-state index contributed by atoms with van der Waals surface area (Å²) in [5.41, 5.74) is 0.423. The summed E-state index contributed by atoms with van der Waals surface area (Å²) in [6.07, 6.45) is 0.331. The number of carboxylic acid groups (broad SMARTS) is 1. The van der Waals surface area contributed by atoms with Crippen LogP contribution in [0.15, 0.2) is 24.3 Å². The van der Waals surface area contributed by atoms with Crippen molar-refractivity contribution in [2.75, 3.05) is 18.9 Å². The fourth-order valence-corrected chi connectivity index (χ4v) is 1.51. The molecule has 21 heavy (non-hydrogen) atoms. The molecule has 116 valence electrons. The first kappa shape index (κ1) is 16.7. The monoisotopic (exact) mass is 302 g/mol. The van der Waals surface area contributed by atoms with Crippen LogP contribution in [0.1, 0.15) is 12.8 Å². The molecule has 0 spiro atoms. The molecule has 1 aromatic rings. The van der Waals surface area contributed by atoms with Gasteiger partial charge in [-0.1, -0.05) is 0 Å². The molecule has 8 heteroatoms. The zero-order valence-electron chi connectivity index (χ0n) is 11.4. The van der Waals surface area contributed by atoms with E-state index in [-0.39, 0.29) is 12.2 Å². The SMILES string of the molecule is CN(CCCC(=O)O)C(=O)Nc1ccc(OC(F)F)cc1. The van der Waals surface area contributed by atoms with Crippen LogP contribution in [-0.2, 0) is 4.79 Å². The van der Waals surface area contributed by atoms with Crippen molar-refractivity contribution >= 4 is 17.7 Å². The number of benzene rings is 1. The van der Waals surface area contributed by atoms with Gasteiger partial charge in [-0.2, -0.15) is 8.78 Å². The molecule has 0 atom stereocenters. The summed E-state index contributed by atoms with van der Waals surface area (Å²) < 4.78 is 28.1. The number of aliphatic carboxylic acids is 1. The maximum atomic E-state index is 12.0. The lowest BCUT2D eigenvalue weighted by atomic mass is 10.3. The van der Waals surface area contributed by atoms with E-state index in [1.165, 1.54) is 36.2 Å². The van der Waals surface area contributed by atoms with E-state index in [9.17, 15) is 18.4 Å². The number of carbonyl (C=O) groups excluding carboxylic acids is 1. The van der Waals surface area contributed by atoms with E-state index in [2.05, 4.69) is 10.1 Å². The Balaban J connectivity index is 2.44. The highest BCUT2D eigenvalue weighted by atomic mass is 19.3. The third-order valence-electron chi connectivity index (χ3n) is 2.56. The second kappa shape index (κ2) is 8.03. The molecule has 0 radical (unpaired) electrons. The molecule has 0 saturated carbocycles. The molecule has 0 unspecified atom stereocenters. The Morgan fingerprint density at radius 1 is 1.33 bits per heavy atom. The molecule has 0 aliphatic carbocycles. The molecule has 0 bridgehead atoms. The van der Waals surface area contributed by atoms with Crippen LogP contribution >= 0.6 is 0 Å². The Hall–Kier alpha value is -2.38. The highest BCUT2D eigenvalue weighted by Gasteiger charge is 2.10. The van der Waals surface area contributed by atoms with Crippen LogP contribution in [0.4, 0.5) is 19.3 Å². The minimum absolute atomic E-state index is 0.00203. The van der Waals surface area contributed by atoms with Crippen LogP contribution in [0.3, 0.4) is 0 Å². The number of hydrogen-bond donors (Lipinski definition) is 2. The van der Waals surface area contributed by atoms with Crippen molar-refractivity contribution in [3.05, 3.63) is 24.3 Å². The van der Waals surface area contributed by atoms with Gasteiger partial charge in [0.05, 0.1) is 0 Å². The number of nitrogens with zero attached hydrogens (tertiary/aromatic N) is 1. The van der Waals surface area contributed by atoms with E-state index in [0.29, 0.717) is 18.7 Å². The van der Waals surface area contributed by atoms with E-state index in [0.717, 1.165) is 0 Å². The van der Waals surface area contributed by atoms with Crippen molar-refractivity contribution in [3.8, 4) is 5.75 Å². The van der Waals surface area contributed by atoms with Crippen molar-refractivity contribution in [1.29, 1.82) is 0 Å². The Morgan fingerprint density at radius 3 is 2.48 bits per heavy atom. The minimum atomic E-state index is -2.90. The van der Waals surface area contributed by atoms with Gasteiger partial charge >= 0.3 is 18.6 Å². The van der Waals surface area contributed by atoms with Gasteiger partial charge in [0.2, 0.25) is 0 Å². The van der Waals surface area contributed by atoms with Crippen molar-refractivity contribution < 1.29 is 28.2 Å². The molecule has 0 aromatic heterocycles. The molecule has 0 aliphatic rings. The number of amides is 2. The fourth-order valence-electron chi connectivity index (χ4n) is 1.51. The fraction of sp³-hybridized carbons (Fsp3) is 0.385. The highest BCUT2D eigenvalue weighted by Crippen LogP contribution is 2.17. The zero-order valence-corrected chi connectivity index (χ0v) is 11.4. The Morgan fingerprint density at radius 2 is 1.95 bits per heavy atom. The summed E-state index contributed by atoms with van der Waals surface area (Å²) >= 11 is 0. The largest absolute Gasteiger partial charge is 0.481 e. The maximum absolute atomic E-state index is 12.0. The Labute approximate surface area is 120 Å². The third-order valence-corrected chi connectivity index (χ3v) is 2.56. The summed E-state index contributed by atoms with van der Waals surface area (Å²) in [5, 5.41) is 11.1. The van der Waals surface area contributed by atoms with Gasteiger partial charge in [-0.15, -0.1) is 0 Å². The smallest absolute Gasteiger partial charge is 0.387 e. The van der Waals surface area contributed by atoms with Crippen LogP contribution in [0.2, 0.25) is 0 Å². The third kappa shape index (κ3) is 6.55. The van der Waals surface area contributed by atoms with Gasteiger partial charge in [-0.05, 0) is 30.7 Å². The highest BCUT2D eigenvalue weighted by molar-refractivity contribution is 5.89. The zero-order chi connectivity index (χ0) is 15.8. The van der Waals surface area contributed by atoms with Crippen molar-refractivity contribution in [1.82, 2.24) is 4.90 Å². The molecule has 0 saturated heterocycles. The summed E-state index contributed by atoms with van der Waals surface area (Å²) in [7, 11) is 1.53. The van der Waals surface area contributed by atoms with E-state index in [4.69, 9.17) is 5.11 Å². The standard InChI is InChI=1S/C13H16F2N2O4/c1-17(8-2-3-11(18)19)13(20)16-9-4-6-10(7-5-9)21-12(14)15/h4-7,12H,2-3,8H2,1H3,(H,16,20)(H,18,19). The van der Waals surface area contributed by atoms with Gasteiger partial charge in [0.15, 0.2) is 0 Å². The predicted molar refractivity (Wildman–Crippen MR) is 71.6 cm³/mol. The maximum Gasteiger partial charge on any atom is 0.387 e. The molecular weight excluding hydrogens is 286 g/mol. The second-order valence-electron chi connectivity index (χ2n) is 4.25. The van der Waals surface area contributed by atoms with Gasteiger partial charge in [-0.3, -0.25) is 4.79 Å². The number of ether oxygens (including phenoxy) is 1. The quantitative estimate of drug-likeness (QED) is 0.811. The Bertz CT molecular complexity index is 480. The summed E-state index contributed by atoms with van der Waals surface area (Å²) in [6, 6.07) is 5.07. The van der Waals surface area contributed by atoms with E-state index in [1.54, 1.807) is 0 Å². The average Bonchev–Trinajstić information content (AvgIpc) is 2.39. The van der Waals surface area contributed by atoms with Crippen LogP contribution in [0.25, 0.3) is 0 Å². The van der Waals surface area contributed by atoms with Crippen LogP contribution in [0, 0.1) is 0 Å². The lowest BCUT2D eigenvalue weighted by molar-refractivity contribution is -0.137. The molecule has 2 N–H and O–H groups in total. The van der Waals surface area contributed by atoms with E-state index < -0.39 is 18.6 Å². The number of carbonyl (C=O) groups is 2. The predicted octanol–water partition coefficient (Wildman–Crippen LogP) is 2.62. The summed E-state index contributed by atoms with van der Waals surface area (Å²) in [4.78, 5) is 23.5. The number of urea groups is 1. The van der Waals surface area contributed by atoms with Gasteiger partial charge in [-0.25, -0.2) is 4.79 Å². The lowest BCUT2D eigenvalue weighted by Gasteiger charge is -2.17. The topological polar surface area (TPSA) is 78.9 Å². The number of halogens is 2. The number of hydrogen-bond acceptors (Lipinski definition) is 3. The van der Waals surface area contributed by atoms with E-state index >= 15 is 0 Å². The average molecular weight is 302 g/mol. The molecule has 6 nitrogen and oxygen atoms in total. The molecule has 0 heterocycles. The molecular formula is C13H16F2N2O4. The minimum Gasteiger partial charge on any atom is -0.481 e. The van der Waals surface area contributed by atoms with Crippen molar-refractivity contribution in [2.45, 2.75) is 19.5 Å². The first-order valence-electron chi connectivity index (χ1n) is 6.17. The first-order valence-corrected chi connectivity index (χ1v) is 6.17. The molecule has 0 fully saturated rings. The number of alkyl halides is 2. The number of anilines is 1. The Kier molecular flexibility index (Phi) is 6.38. The summed E-state index contributed by atoms with van der Waals surface area (Å²) in [6.45, 7) is -2.60. The van der Waals surface area contributed by atoms with Crippen LogP contribution in [-0.4, -0.2) is 42.2 Å². The molecule has 2 amide bonds. The first-order chi connectivity index (χ1) is 9.88. The van der Waals surface area contributed by atoms with Gasteiger partial charge < -0.3 is 20.1 Å².